The van der Waals surface area contributed by atoms with E-state index in [1.54, 1.807) is 42.5 Å². The molecule has 28 heavy (non-hydrogen) atoms. The average Bonchev–Trinajstić information content (AvgIpc) is 2.72. The Bertz CT molecular complexity index is 1020. The largest absolute Gasteiger partial charge is 0.459 e. The molecular formula is C22H21NO4S. The van der Waals surface area contributed by atoms with Crippen LogP contribution in [0.3, 0.4) is 0 Å². The standard InChI is InChI=1S/C22H21NO4S/c1-17-12-14-20(15-13-17)28(25,26)23-21(19-10-6-3-7-11-19)22(24)27-16-18-8-4-2-5-9-18/h2-15,21,23H,16H2,1H3. The van der Waals surface area contributed by atoms with Crippen LogP contribution in [-0.2, 0) is 26.2 Å². The van der Waals surface area contributed by atoms with Crippen LogP contribution in [0.25, 0.3) is 0 Å². The SMILES string of the molecule is Cc1ccc(S(=O)(=O)NC(C(=O)OCc2ccccc2)c2ccccc2)cc1. The summed E-state index contributed by atoms with van der Waals surface area (Å²) in [7, 11) is -3.90. The molecular weight excluding hydrogens is 374 g/mol. The second kappa shape index (κ2) is 8.82. The van der Waals surface area contributed by atoms with Crippen molar-refractivity contribution in [2.24, 2.45) is 0 Å². The van der Waals surface area contributed by atoms with E-state index in [-0.39, 0.29) is 11.5 Å². The minimum atomic E-state index is -3.90. The first-order chi connectivity index (χ1) is 13.5. The summed E-state index contributed by atoms with van der Waals surface area (Å²) in [6, 6.07) is 23.2. The van der Waals surface area contributed by atoms with Crippen LogP contribution in [0.2, 0.25) is 0 Å². The summed E-state index contributed by atoms with van der Waals surface area (Å²) in [5.74, 6) is -0.661. The third-order valence-electron chi connectivity index (χ3n) is 4.20. The Kier molecular flexibility index (Phi) is 6.23. The van der Waals surface area contributed by atoms with E-state index in [1.165, 1.54) is 12.1 Å². The number of hydrogen-bond acceptors (Lipinski definition) is 4. The lowest BCUT2D eigenvalue weighted by Crippen LogP contribution is -2.35. The highest BCUT2D eigenvalue weighted by Gasteiger charge is 2.28. The van der Waals surface area contributed by atoms with Crippen molar-refractivity contribution in [3.8, 4) is 0 Å². The summed E-state index contributed by atoms with van der Waals surface area (Å²) < 4.78 is 33.4. The molecule has 0 bridgehead atoms. The highest BCUT2D eigenvalue weighted by Crippen LogP contribution is 2.20. The van der Waals surface area contributed by atoms with Gasteiger partial charge in [-0.1, -0.05) is 78.4 Å². The number of nitrogens with one attached hydrogen (secondary N) is 1. The number of rotatable bonds is 7. The van der Waals surface area contributed by atoms with Crippen LogP contribution < -0.4 is 4.72 Å². The lowest BCUT2D eigenvalue weighted by molar-refractivity contribution is -0.147. The van der Waals surface area contributed by atoms with Gasteiger partial charge in [0.1, 0.15) is 12.6 Å². The van der Waals surface area contributed by atoms with Gasteiger partial charge in [0, 0.05) is 0 Å². The van der Waals surface area contributed by atoms with Crippen LogP contribution in [0.5, 0.6) is 0 Å². The van der Waals surface area contributed by atoms with E-state index < -0.39 is 22.0 Å². The fourth-order valence-corrected chi connectivity index (χ4v) is 3.82. The molecule has 0 saturated heterocycles. The van der Waals surface area contributed by atoms with Crippen LogP contribution in [-0.4, -0.2) is 14.4 Å². The molecule has 6 heteroatoms. The Balaban J connectivity index is 1.83. The van der Waals surface area contributed by atoms with Gasteiger partial charge < -0.3 is 4.74 Å². The quantitative estimate of drug-likeness (QED) is 0.618. The fraction of sp³-hybridized carbons (Fsp3) is 0.136. The highest BCUT2D eigenvalue weighted by molar-refractivity contribution is 7.89. The number of carbonyl (C=O) groups excluding carboxylic acids is 1. The summed E-state index contributed by atoms with van der Waals surface area (Å²) >= 11 is 0. The molecule has 1 unspecified atom stereocenters. The first-order valence-corrected chi connectivity index (χ1v) is 10.3. The Morgan fingerprint density at radius 1 is 0.893 bits per heavy atom. The average molecular weight is 395 g/mol. The van der Waals surface area contributed by atoms with E-state index in [9.17, 15) is 13.2 Å². The van der Waals surface area contributed by atoms with Crippen molar-refractivity contribution in [2.45, 2.75) is 24.5 Å². The predicted octanol–water partition coefficient (Wildman–Crippen LogP) is 3.76. The van der Waals surface area contributed by atoms with Gasteiger partial charge in [0.15, 0.2) is 0 Å². The third-order valence-corrected chi connectivity index (χ3v) is 5.64. The van der Waals surface area contributed by atoms with Gasteiger partial charge in [-0.2, -0.15) is 4.72 Å². The topological polar surface area (TPSA) is 72.5 Å². The zero-order valence-electron chi connectivity index (χ0n) is 15.4. The zero-order valence-corrected chi connectivity index (χ0v) is 16.2. The van der Waals surface area contributed by atoms with Crippen molar-refractivity contribution in [2.75, 3.05) is 0 Å². The van der Waals surface area contributed by atoms with Gasteiger partial charge in [0.2, 0.25) is 10.0 Å². The van der Waals surface area contributed by atoms with Crippen molar-refractivity contribution in [1.29, 1.82) is 0 Å². The number of hydrogen-bond donors (Lipinski definition) is 1. The first-order valence-electron chi connectivity index (χ1n) is 8.80. The van der Waals surface area contributed by atoms with E-state index in [0.717, 1.165) is 11.1 Å². The van der Waals surface area contributed by atoms with E-state index in [0.29, 0.717) is 5.56 Å². The summed E-state index contributed by atoms with van der Waals surface area (Å²) in [4.78, 5) is 12.8. The smallest absolute Gasteiger partial charge is 0.329 e. The molecule has 0 aliphatic carbocycles. The molecule has 0 radical (unpaired) electrons. The van der Waals surface area contributed by atoms with Crippen molar-refractivity contribution < 1.29 is 17.9 Å². The van der Waals surface area contributed by atoms with Gasteiger partial charge in [0.05, 0.1) is 4.90 Å². The Morgan fingerprint density at radius 3 is 2.07 bits per heavy atom. The second-order valence-corrected chi connectivity index (χ2v) is 8.09. The molecule has 0 heterocycles. The Hall–Kier alpha value is -2.96. The molecule has 5 nitrogen and oxygen atoms in total. The van der Waals surface area contributed by atoms with Gasteiger partial charge in [-0.15, -0.1) is 0 Å². The second-order valence-electron chi connectivity index (χ2n) is 6.37. The van der Waals surface area contributed by atoms with Crippen molar-refractivity contribution >= 4 is 16.0 Å². The van der Waals surface area contributed by atoms with Crippen LogP contribution in [0, 0.1) is 6.92 Å². The Morgan fingerprint density at radius 2 is 1.46 bits per heavy atom. The van der Waals surface area contributed by atoms with E-state index >= 15 is 0 Å². The van der Waals surface area contributed by atoms with Crippen molar-refractivity contribution in [1.82, 2.24) is 4.72 Å². The first kappa shape index (κ1) is 19.8. The number of sulfonamides is 1. The molecule has 144 valence electrons. The lowest BCUT2D eigenvalue weighted by Gasteiger charge is -2.18. The number of esters is 1. The third kappa shape index (κ3) is 5.06. The lowest BCUT2D eigenvalue weighted by atomic mass is 10.1. The van der Waals surface area contributed by atoms with Crippen LogP contribution in [0.15, 0.2) is 89.8 Å². The summed E-state index contributed by atoms with van der Waals surface area (Å²) in [5.41, 5.74) is 2.28. The van der Waals surface area contributed by atoms with E-state index in [4.69, 9.17) is 4.74 Å². The monoisotopic (exact) mass is 395 g/mol. The van der Waals surface area contributed by atoms with Crippen molar-refractivity contribution in [3.05, 3.63) is 102 Å². The zero-order chi connectivity index (χ0) is 20.0. The molecule has 0 aliphatic heterocycles. The Labute approximate surface area is 165 Å². The number of carbonyl (C=O) groups is 1. The molecule has 0 spiro atoms. The predicted molar refractivity (Wildman–Crippen MR) is 107 cm³/mol. The molecule has 3 rings (SSSR count). The minimum Gasteiger partial charge on any atom is -0.459 e. The fourth-order valence-electron chi connectivity index (χ4n) is 2.65. The minimum absolute atomic E-state index is 0.0647. The van der Waals surface area contributed by atoms with Crippen LogP contribution in [0.4, 0.5) is 0 Å². The molecule has 0 aliphatic rings. The summed E-state index contributed by atoms with van der Waals surface area (Å²) in [5, 5.41) is 0. The van der Waals surface area contributed by atoms with E-state index in [1.807, 2.05) is 37.3 Å². The molecule has 1 N–H and O–H groups in total. The molecule has 1 atom stereocenters. The van der Waals surface area contributed by atoms with Gasteiger partial charge >= 0.3 is 5.97 Å². The maximum absolute atomic E-state index is 12.8. The normalized spacial score (nSPS) is 12.3. The molecule has 0 saturated carbocycles. The molecule has 0 fully saturated rings. The van der Waals surface area contributed by atoms with Gasteiger partial charge in [-0.3, -0.25) is 0 Å². The van der Waals surface area contributed by atoms with Gasteiger partial charge in [0.25, 0.3) is 0 Å². The number of benzene rings is 3. The summed E-state index contributed by atoms with van der Waals surface area (Å²) in [6.07, 6.45) is 0. The summed E-state index contributed by atoms with van der Waals surface area (Å²) in [6.45, 7) is 1.94. The number of aryl methyl sites for hydroxylation is 1. The maximum atomic E-state index is 12.8. The molecule has 0 amide bonds. The van der Waals surface area contributed by atoms with Crippen LogP contribution >= 0.6 is 0 Å². The highest BCUT2D eigenvalue weighted by atomic mass is 32.2. The van der Waals surface area contributed by atoms with Gasteiger partial charge in [-0.05, 0) is 30.2 Å². The maximum Gasteiger partial charge on any atom is 0.329 e. The molecule has 0 aromatic heterocycles. The molecule has 3 aromatic rings. The van der Waals surface area contributed by atoms with Crippen LogP contribution in [0.1, 0.15) is 22.7 Å². The molecule has 3 aromatic carbocycles. The van der Waals surface area contributed by atoms with E-state index in [2.05, 4.69) is 4.72 Å². The van der Waals surface area contributed by atoms with Crippen molar-refractivity contribution in [3.63, 3.8) is 0 Å². The van der Waals surface area contributed by atoms with Gasteiger partial charge in [-0.25, -0.2) is 13.2 Å². The number of ether oxygens (including phenoxy) is 1.